The minimum Gasteiger partial charge on any atom is -0.488 e. The predicted octanol–water partition coefficient (Wildman–Crippen LogP) is 5.98. The fraction of sp³-hybridized carbons (Fsp3) is 0.182. The molecule has 0 spiro atoms. The first-order chi connectivity index (χ1) is 16.2. The number of carbonyl (C=O) groups is 1. The van der Waals surface area contributed by atoms with Gasteiger partial charge < -0.3 is 4.74 Å². The summed E-state index contributed by atoms with van der Waals surface area (Å²) in [4.78, 5) is 29.2. The Balaban J connectivity index is 0.00000158. The van der Waals surface area contributed by atoms with Gasteiger partial charge >= 0.3 is 11.9 Å². The molecule has 7 nitrogen and oxygen atoms in total. The van der Waals surface area contributed by atoms with Crippen LogP contribution in [0.1, 0.15) is 36.2 Å². The average Bonchev–Trinajstić information content (AvgIpc) is 3.44. The molecule has 0 unspecified atom stereocenters. The van der Waals surface area contributed by atoms with Crippen molar-refractivity contribution in [3.63, 3.8) is 0 Å². The van der Waals surface area contributed by atoms with Crippen LogP contribution in [-0.4, -0.2) is 21.4 Å². The topological polar surface area (TPSA) is 98.1 Å². The molecule has 0 amide bonds. The van der Waals surface area contributed by atoms with Crippen molar-refractivity contribution >= 4 is 17.6 Å². The van der Waals surface area contributed by atoms with E-state index < -0.39 is 23.3 Å². The number of aromatic nitrogens is 3. The summed E-state index contributed by atoms with van der Waals surface area (Å²) in [5.74, 6) is -1.49. The Hall–Kier alpha value is -2.75. The number of ether oxygens (including phenoxy) is 1. The Morgan fingerprint density at radius 3 is 2.40 bits per heavy atom. The molecule has 2 heterocycles. The van der Waals surface area contributed by atoms with E-state index >= 15 is 0 Å². The van der Waals surface area contributed by atoms with E-state index in [0.717, 1.165) is 29.5 Å². The van der Waals surface area contributed by atoms with Crippen LogP contribution in [0.15, 0.2) is 51.8 Å². The van der Waals surface area contributed by atoms with Gasteiger partial charge in [-0.25, -0.2) is 14.2 Å². The van der Waals surface area contributed by atoms with Gasteiger partial charge in [-0.15, -0.1) is 11.3 Å². The number of thiazole rings is 1. The van der Waals surface area contributed by atoms with Crippen molar-refractivity contribution in [2.75, 3.05) is 0 Å². The van der Waals surface area contributed by atoms with E-state index in [1.165, 1.54) is 24.3 Å². The Morgan fingerprint density at radius 1 is 1.17 bits per heavy atom. The van der Waals surface area contributed by atoms with Crippen LogP contribution in [0.5, 0.6) is 5.75 Å². The van der Waals surface area contributed by atoms with E-state index in [1.807, 2.05) is 13.8 Å². The first kappa shape index (κ1) is 28.5. The van der Waals surface area contributed by atoms with Gasteiger partial charge in [0, 0.05) is 44.2 Å². The third-order valence-electron chi connectivity index (χ3n) is 4.30. The molecular formula is C22H19F4N3O4SU. The zero-order valence-corrected chi connectivity index (χ0v) is 23.3. The Morgan fingerprint density at radius 2 is 1.86 bits per heavy atom. The maximum atomic E-state index is 14.3. The fourth-order valence-electron chi connectivity index (χ4n) is 2.76. The average molecular weight is 735 g/mol. The van der Waals surface area contributed by atoms with Crippen LogP contribution >= 0.6 is 11.3 Å². The van der Waals surface area contributed by atoms with E-state index in [-0.39, 0.29) is 62.0 Å². The maximum absolute atomic E-state index is 14.3. The molecule has 2 aromatic carbocycles. The first-order valence-electron chi connectivity index (χ1n) is 9.86. The number of nitrogens with zero attached hydrogens (tertiary/aromatic N) is 2. The molecule has 35 heavy (non-hydrogen) atoms. The quantitative estimate of drug-likeness (QED) is 0.194. The number of alkyl halides is 3. The molecular weight excluding hydrogens is 716 g/mol. The first-order valence-corrected chi connectivity index (χ1v) is 10.7. The van der Waals surface area contributed by atoms with Crippen LogP contribution in [0.2, 0.25) is 0 Å². The summed E-state index contributed by atoms with van der Waals surface area (Å²) in [7, 11) is 0. The molecule has 4 rings (SSSR count). The van der Waals surface area contributed by atoms with Crippen molar-refractivity contribution in [3.8, 4) is 27.7 Å². The van der Waals surface area contributed by atoms with Crippen molar-refractivity contribution in [1.29, 1.82) is 0 Å². The zero-order chi connectivity index (χ0) is 24.9. The summed E-state index contributed by atoms with van der Waals surface area (Å²) >= 11 is 1.07. The van der Waals surface area contributed by atoms with Gasteiger partial charge in [0.05, 0.1) is 16.0 Å². The number of H-pyrrole nitrogens is 1. The van der Waals surface area contributed by atoms with E-state index in [0.29, 0.717) is 21.7 Å². The second-order valence-electron chi connectivity index (χ2n) is 6.39. The second-order valence-corrected chi connectivity index (χ2v) is 7.48. The number of nitrogens with one attached hydrogen (secondary N) is 1. The number of carbonyl (C=O) groups excluding carboxylic acids is 1. The minimum atomic E-state index is -4.46. The van der Waals surface area contributed by atoms with Crippen LogP contribution in [0.4, 0.5) is 17.6 Å². The molecule has 0 atom stereocenters. The van der Waals surface area contributed by atoms with Crippen molar-refractivity contribution in [2.45, 2.75) is 26.6 Å². The van der Waals surface area contributed by atoms with Crippen LogP contribution < -0.4 is 10.5 Å². The Labute approximate surface area is 225 Å². The molecule has 13 heteroatoms. The van der Waals surface area contributed by atoms with Crippen molar-refractivity contribution in [3.05, 3.63) is 75.0 Å². The van der Waals surface area contributed by atoms with E-state index in [1.54, 1.807) is 0 Å². The number of rotatable bonds is 6. The molecule has 2 aromatic heterocycles. The van der Waals surface area contributed by atoms with Crippen LogP contribution in [0.25, 0.3) is 22.0 Å². The van der Waals surface area contributed by atoms with Crippen LogP contribution in [-0.2, 0) is 12.8 Å². The third-order valence-corrected chi connectivity index (χ3v) is 5.40. The van der Waals surface area contributed by atoms with Crippen LogP contribution in [0.3, 0.4) is 0 Å². The summed E-state index contributed by atoms with van der Waals surface area (Å²) in [6.45, 7) is 3.88. The minimum absolute atomic E-state index is 0. The second kappa shape index (κ2) is 12.3. The number of halogens is 4. The normalized spacial score (nSPS) is 10.7. The van der Waals surface area contributed by atoms with Gasteiger partial charge in [-0.3, -0.25) is 14.3 Å². The van der Waals surface area contributed by atoms with Gasteiger partial charge in [0.15, 0.2) is 12.1 Å². The number of benzene rings is 2. The summed E-state index contributed by atoms with van der Waals surface area (Å²) in [6.07, 6.45) is -3.95. The fourth-order valence-corrected chi connectivity index (χ4v) is 3.70. The van der Waals surface area contributed by atoms with Crippen molar-refractivity contribution < 1.29 is 64.2 Å². The third kappa shape index (κ3) is 6.90. The van der Waals surface area contributed by atoms with Crippen molar-refractivity contribution in [1.82, 2.24) is 15.1 Å². The molecule has 0 aliphatic carbocycles. The molecule has 0 fully saturated rings. The SMILES string of the molecule is CC.O=Cc1nc(-c2ccc(C(F)(F)F)cc2)sc1COc1ccc(-c2noc(=O)[nH]2)c(F)c1.[HH].[U]. The van der Waals surface area contributed by atoms with Crippen LogP contribution in [0, 0.1) is 36.9 Å². The molecule has 0 bridgehead atoms. The Bertz CT molecular complexity index is 1340. The van der Waals surface area contributed by atoms with Gasteiger partial charge in [-0.1, -0.05) is 31.1 Å². The van der Waals surface area contributed by atoms with E-state index in [4.69, 9.17) is 4.74 Å². The maximum Gasteiger partial charge on any atom is 0.439 e. The molecule has 184 valence electrons. The molecule has 4 aromatic rings. The number of aromatic amines is 1. The van der Waals surface area contributed by atoms with E-state index in [9.17, 15) is 27.2 Å². The van der Waals surface area contributed by atoms with Gasteiger partial charge in [0.2, 0.25) is 0 Å². The van der Waals surface area contributed by atoms with Gasteiger partial charge in [0.25, 0.3) is 0 Å². The standard InChI is InChI=1S/C20H11F4N3O4S.C2H6.U.H2/c21-14-7-12(5-6-13(14)17-26-19(29)31-27-17)30-9-16-15(8-28)25-18(32-16)10-1-3-11(4-2-10)20(22,23)24;1-2;;/h1-8H,9H2,(H,26,27,29);1-2H3;;1H. The molecule has 0 aliphatic heterocycles. The van der Waals surface area contributed by atoms with Crippen molar-refractivity contribution in [2.24, 2.45) is 0 Å². The van der Waals surface area contributed by atoms with E-state index in [2.05, 4.69) is 19.6 Å². The monoisotopic (exact) mass is 735 g/mol. The number of aldehydes is 1. The summed E-state index contributed by atoms with van der Waals surface area (Å²) in [5, 5.41) is 3.75. The molecule has 0 radical (unpaired) electrons. The van der Waals surface area contributed by atoms with Gasteiger partial charge in [-0.2, -0.15) is 13.2 Å². The van der Waals surface area contributed by atoms with Gasteiger partial charge in [-0.05, 0) is 24.3 Å². The Kier molecular flexibility index (Phi) is 10.00. The molecule has 0 aliphatic rings. The number of hydrogen-bond donors (Lipinski definition) is 1. The molecule has 0 saturated heterocycles. The molecule has 1 N–H and O–H groups in total. The summed E-state index contributed by atoms with van der Waals surface area (Å²) < 4.78 is 62.4. The summed E-state index contributed by atoms with van der Waals surface area (Å²) in [5.41, 5.74) is -0.312. The molecule has 0 saturated carbocycles. The summed E-state index contributed by atoms with van der Waals surface area (Å²) in [6, 6.07) is 8.23. The smallest absolute Gasteiger partial charge is 0.439 e. The van der Waals surface area contributed by atoms with Gasteiger partial charge in [0.1, 0.15) is 28.9 Å². The zero-order valence-electron chi connectivity index (χ0n) is 18.3. The number of hydrogen-bond acceptors (Lipinski definition) is 7. The largest absolute Gasteiger partial charge is 0.488 e. The predicted molar refractivity (Wildman–Crippen MR) is 118 cm³/mol.